The fourth-order valence-corrected chi connectivity index (χ4v) is 3.61. The van der Waals surface area contributed by atoms with Gasteiger partial charge in [-0.3, -0.25) is 9.78 Å². The van der Waals surface area contributed by atoms with Crippen molar-refractivity contribution in [3.8, 4) is 23.1 Å². The first-order valence-corrected chi connectivity index (χ1v) is 10.3. The van der Waals surface area contributed by atoms with E-state index < -0.39 is 6.10 Å². The summed E-state index contributed by atoms with van der Waals surface area (Å²) in [5.74, 6) is 1.96. The van der Waals surface area contributed by atoms with E-state index in [9.17, 15) is 4.79 Å². The molecule has 0 unspecified atom stereocenters. The summed E-state index contributed by atoms with van der Waals surface area (Å²) in [6.45, 7) is 4.79. The van der Waals surface area contributed by atoms with Gasteiger partial charge in [-0.2, -0.15) is 4.98 Å². The number of amides is 1. The van der Waals surface area contributed by atoms with E-state index in [1.54, 1.807) is 43.5 Å². The number of rotatable bonds is 6. The second-order valence-electron chi connectivity index (χ2n) is 7.54. The number of methoxy groups -OCH3 is 1. The van der Waals surface area contributed by atoms with Gasteiger partial charge in [-0.15, -0.1) is 0 Å². The minimum Gasteiger partial charge on any atom is -0.493 e. The average Bonchev–Trinajstić information content (AvgIpc) is 3.30. The Bertz CT molecular complexity index is 1040. The first kappa shape index (κ1) is 20.8. The second-order valence-corrected chi connectivity index (χ2v) is 7.54. The Morgan fingerprint density at radius 1 is 1.23 bits per heavy atom. The molecule has 2 atom stereocenters. The van der Waals surface area contributed by atoms with Gasteiger partial charge in [-0.25, -0.2) is 4.98 Å². The maximum atomic E-state index is 13.0. The molecule has 0 aliphatic carbocycles. The molecule has 2 aromatic heterocycles. The number of likely N-dealkylation sites (tertiary alicyclic amines) is 1. The molecule has 0 N–H and O–H groups in total. The number of hydrogen-bond donors (Lipinski definition) is 0. The molecule has 1 aliphatic rings. The Labute approximate surface area is 180 Å². The third kappa shape index (κ3) is 4.65. The average molecular weight is 423 g/mol. The summed E-state index contributed by atoms with van der Waals surface area (Å²) in [5, 5.41) is 4.13. The molecular formula is C22H25N5O4. The molecule has 162 valence electrons. The van der Waals surface area contributed by atoms with Crippen LogP contribution in [0.1, 0.15) is 37.2 Å². The van der Waals surface area contributed by atoms with Crippen LogP contribution in [-0.2, 0) is 4.79 Å². The Balaban J connectivity index is 1.42. The molecule has 3 aromatic rings. The SMILES string of the molecule is COc1ccccc1O[C@@H](C)C(=O)N1CCC[C@H](c2noc(-c3cnc(C)cn3)n2)C1. The largest absolute Gasteiger partial charge is 0.493 e. The molecule has 0 radical (unpaired) electrons. The van der Waals surface area contributed by atoms with Crippen molar-refractivity contribution in [1.29, 1.82) is 0 Å². The van der Waals surface area contributed by atoms with Gasteiger partial charge >= 0.3 is 0 Å². The third-order valence-electron chi connectivity index (χ3n) is 5.26. The number of hydrogen-bond acceptors (Lipinski definition) is 8. The van der Waals surface area contributed by atoms with E-state index in [2.05, 4.69) is 20.1 Å². The van der Waals surface area contributed by atoms with Crippen molar-refractivity contribution in [2.45, 2.75) is 38.7 Å². The molecular weight excluding hydrogens is 398 g/mol. The normalized spacial score (nSPS) is 17.3. The van der Waals surface area contributed by atoms with Crippen LogP contribution in [0.15, 0.2) is 41.2 Å². The summed E-state index contributed by atoms with van der Waals surface area (Å²) < 4.78 is 16.6. The van der Waals surface area contributed by atoms with Crippen molar-refractivity contribution in [3.63, 3.8) is 0 Å². The molecule has 0 bridgehead atoms. The fraction of sp³-hybridized carbons (Fsp3) is 0.409. The molecule has 1 fully saturated rings. The van der Waals surface area contributed by atoms with Crippen LogP contribution in [-0.4, -0.2) is 57.2 Å². The van der Waals surface area contributed by atoms with Crippen LogP contribution in [0.4, 0.5) is 0 Å². The van der Waals surface area contributed by atoms with Gasteiger partial charge in [0.15, 0.2) is 23.4 Å². The van der Waals surface area contributed by atoms with Crippen molar-refractivity contribution < 1.29 is 18.8 Å². The van der Waals surface area contributed by atoms with Gasteiger partial charge in [0.05, 0.1) is 19.0 Å². The van der Waals surface area contributed by atoms with Crippen LogP contribution >= 0.6 is 0 Å². The highest BCUT2D eigenvalue weighted by Crippen LogP contribution is 2.29. The molecule has 4 rings (SSSR count). The Morgan fingerprint density at radius 3 is 2.77 bits per heavy atom. The van der Waals surface area contributed by atoms with E-state index >= 15 is 0 Å². The van der Waals surface area contributed by atoms with Gasteiger partial charge in [-0.05, 0) is 38.8 Å². The van der Waals surface area contributed by atoms with E-state index in [1.807, 2.05) is 19.1 Å². The summed E-state index contributed by atoms with van der Waals surface area (Å²) in [6, 6.07) is 7.29. The monoisotopic (exact) mass is 423 g/mol. The van der Waals surface area contributed by atoms with Gasteiger partial charge in [0.25, 0.3) is 11.8 Å². The van der Waals surface area contributed by atoms with E-state index in [1.165, 1.54) is 0 Å². The fourth-order valence-electron chi connectivity index (χ4n) is 3.61. The van der Waals surface area contributed by atoms with Crippen molar-refractivity contribution in [3.05, 3.63) is 48.2 Å². The van der Waals surface area contributed by atoms with Crippen LogP contribution < -0.4 is 9.47 Å². The minimum atomic E-state index is -0.640. The standard InChI is InChI=1S/C22H25N5O4/c1-14-11-24-17(12-23-14)21-25-20(26-31-21)16-7-6-10-27(13-16)22(28)15(2)30-19-9-5-4-8-18(19)29-3/h4-5,8-9,11-12,15-16H,6-7,10,13H2,1-3H3/t15-,16-/m0/s1. The van der Waals surface area contributed by atoms with Gasteiger partial charge in [0.2, 0.25) is 0 Å². The molecule has 1 aliphatic heterocycles. The number of nitrogens with zero attached hydrogens (tertiary/aromatic N) is 5. The zero-order chi connectivity index (χ0) is 21.8. The van der Waals surface area contributed by atoms with E-state index in [-0.39, 0.29) is 11.8 Å². The maximum Gasteiger partial charge on any atom is 0.278 e. The number of aromatic nitrogens is 4. The van der Waals surface area contributed by atoms with Gasteiger partial charge < -0.3 is 18.9 Å². The highest BCUT2D eigenvalue weighted by atomic mass is 16.5. The summed E-state index contributed by atoms with van der Waals surface area (Å²) in [4.78, 5) is 27.8. The van der Waals surface area contributed by atoms with Crippen LogP contribution in [0, 0.1) is 6.92 Å². The first-order valence-electron chi connectivity index (χ1n) is 10.3. The molecule has 1 amide bonds. The molecule has 1 aromatic carbocycles. The maximum absolute atomic E-state index is 13.0. The van der Waals surface area contributed by atoms with Crippen LogP contribution in [0.25, 0.3) is 11.6 Å². The summed E-state index contributed by atoms with van der Waals surface area (Å²) >= 11 is 0. The van der Waals surface area contributed by atoms with Crippen molar-refractivity contribution >= 4 is 5.91 Å². The molecule has 9 heteroatoms. The van der Waals surface area contributed by atoms with E-state index in [0.29, 0.717) is 42.0 Å². The molecule has 31 heavy (non-hydrogen) atoms. The van der Waals surface area contributed by atoms with Crippen molar-refractivity contribution in [2.24, 2.45) is 0 Å². The van der Waals surface area contributed by atoms with Crippen LogP contribution in [0.3, 0.4) is 0 Å². The lowest BCUT2D eigenvalue weighted by Gasteiger charge is -2.33. The summed E-state index contributed by atoms with van der Waals surface area (Å²) in [5.41, 5.74) is 1.35. The number of carbonyl (C=O) groups is 1. The molecule has 0 spiro atoms. The lowest BCUT2D eigenvalue weighted by atomic mass is 9.97. The number of ether oxygens (including phenoxy) is 2. The molecule has 3 heterocycles. The highest BCUT2D eigenvalue weighted by molar-refractivity contribution is 5.81. The number of aryl methyl sites for hydroxylation is 1. The van der Waals surface area contributed by atoms with E-state index in [4.69, 9.17) is 14.0 Å². The molecule has 0 saturated carbocycles. The smallest absolute Gasteiger partial charge is 0.278 e. The lowest BCUT2D eigenvalue weighted by molar-refractivity contribution is -0.139. The predicted octanol–water partition coefficient (Wildman–Crippen LogP) is 3.02. The quantitative estimate of drug-likeness (QED) is 0.596. The van der Waals surface area contributed by atoms with Gasteiger partial charge in [-0.1, -0.05) is 17.3 Å². The number of carbonyl (C=O) groups excluding carboxylic acids is 1. The van der Waals surface area contributed by atoms with Crippen molar-refractivity contribution in [1.82, 2.24) is 25.0 Å². The lowest BCUT2D eigenvalue weighted by Crippen LogP contribution is -2.45. The number of benzene rings is 1. The summed E-state index contributed by atoms with van der Waals surface area (Å²) in [7, 11) is 1.57. The zero-order valence-electron chi connectivity index (χ0n) is 17.8. The Kier molecular flexibility index (Phi) is 6.11. The third-order valence-corrected chi connectivity index (χ3v) is 5.26. The van der Waals surface area contributed by atoms with Gasteiger partial charge in [0, 0.05) is 25.2 Å². The highest BCUT2D eigenvalue weighted by Gasteiger charge is 2.31. The number of para-hydroxylation sites is 2. The molecule has 9 nitrogen and oxygen atoms in total. The molecule has 1 saturated heterocycles. The van der Waals surface area contributed by atoms with Crippen molar-refractivity contribution in [2.75, 3.05) is 20.2 Å². The predicted molar refractivity (Wildman–Crippen MR) is 112 cm³/mol. The first-order chi connectivity index (χ1) is 15.0. The minimum absolute atomic E-state index is 0.00734. The van der Waals surface area contributed by atoms with Crippen LogP contribution in [0.5, 0.6) is 11.5 Å². The Hall–Kier alpha value is -3.49. The summed E-state index contributed by atoms with van der Waals surface area (Å²) in [6.07, 6.45) is 4.36. The van der Waals surface area contributed by atoms with Gasteiger partial charge in [0.1, 0.15) is 5.69 Å². The Morgan fingerprint density at radius 2 is 2.03 bits per heavy atom. The topological polar surface area (TPSA) is 103 Å². The van der Waals surface area contributed by atoms with Crippen LogP contribution in [0.2, 0.25) is 0 Å². The second kappa shape index (κ2) is 9.11. The number of piperidine rings is 1. The van der Waals surface area contributed by atoms with E-state index in [0.717, 1.165) is 18.5 Å². The zero-order valence-corrected chi connectivity index (χ0v) is 17.8.